The molecule has 1 aromatic carbocycles. The monoisotopic (exact) mass is 285 g/mol. The molecule has 0 saturated heterocycles. The van der Waals surface area contributed by atoms with Gasteiger partial charge in [0.2, 0.25) is 0 Å². The molecule has 0 aliphatic carbocycles. The summed E-state index contributed by atoms with van der Waals surface area (Å²) in [5.74, 6) is 0.0271. The molecular formula is C17H23N3O. The minimum absolute atomic E-state index is 0.0271. The first kappa shape index (κ1) is 15.3. The molecule has 0 aliphatic rings. The largest absolute Gasteiger partial charge is 0.337 e. The van der Waals surface area contributed by atoms with Gasteiger partial charge in [-0.15, -0.1) is 0 Å². The average Bonchev–Trinajstić information content (AvgIpc) is 2.82. The third-order valence-electron chi connectivity index (χ3n) is 3.52. The van der Waals surface area contributed by atoms with Crippen LogP contribution in [0.1, 0.15) is 42.3 Å². The lowest BCUT2D eigenvalue weighted by Gasteiger charge is -2.20. The van der Waals surface area contributed by atoms with E-state index in [0.29, 0.717) is 6.54 Å². The number of benzene rings is 1. The number of nitrogens with zero attached hydrogens (tertiary/aromatic N) is 3. The molecule has 0 radical (unpaired) electrons. The van der Waals surface area contributed by atoms with Crippen LogP contribution in [0.2, 0.25) is 0 Å². The van der Waals surface area contributed by atoms with Crippen molar-refractivity contribution in [2.75, 3.05) is 7.05 Å². The molecule has 1 aromatic heterocycles. The van der Waals surface area contributed by atoms with Gasteiger partial charge in [-0.1, -0.05) is 32.9 Å². The van der Waals surface area contributed by atoms with Crippen molar-refractivity contribution in [1.82, 2.24) is 14.7 Å². The van der Waals surface area contributed by atoms with Gasteiger partial charge in [-0.3, -0.25) is 9.48 Å². The fraction of sp³-hybridized carbons (Fsp3) is 0.412. The smallest absolute Gasteiger partial charge is 0.253 e. The topological polar surface area (TPSA) is 38.1 Å². The van der Waals surface area contributed by atoms with Gasteiger partial charge >= 0.3 is 0 Å². The first-order valence-electron chi connectivity index (χ1n) is 7.11. The SMILES string of the molecule is CN(Cc1cnn(C)c1)C(=O)c1ccc(C(C)(C)C)cc1. The predicted octanol–water partition coefficient (Wildman–Crippen LogP) is 2.99. The summed E-state index contributed by atoms with van der Waals surface area (Å²) < 4.78 is 1.74. The Balaban J connectivity index is 2.08. The molecule has 2 aromatic rings. The summed E-state index contributed by atoms with van der Waals surface area (Å²) in [4.78, 5) is 14.1. The number of aromatic nitrogens is 2. The Morgan fingerprint density at radius 2 is 1.86 bits per heavy atom. The van der Waals surface area contributed by atoms with Gasteiger partial charge in [-0.05, 0) is 23.1 Å². The van der Waals surface area contributed by atoms with Gasteiger partial charge < -0.3 is 4.90 Å². The van der Waals surface area contributed by atoms with E-state index in [1.807, 2.05) is 44.6 Å². The first-order valence-corrected chi connectivity index (χ1v) is 7.11. The highest BCUT2D eigenvalue weighted by atomic mass is 16.2. The van der Waals surface area contributed by atoms with E-state index < -0.39 is 0 Å². The van der Waals surface area contributed by atoms with Crippen LogP contribution in [0.25, 0.3) is 0 Å². The maximum atomic E-state index is 12.4. The van der Waals surface area contributed by atoms with Crippen molar-refractivity contribution >= 4 is 5.91 Å². The Labute approximate surface area is 126 Å². The molecule has 21 heavy (non-hydrogen) atoms. The van der Waals surface area contributed by atoms with Crippen molar-refractivity contribution in [1.29, 1.82) is 0 Å². The second-order valence-electron chi connectivity index (χ2n) is 6.51. The summed E-state index contributed by atoms with van der Waals surface area (Å²) in [6, 6.07) is 7.88. The van der Waals surface area contributed by atoms with E-state index in [-0.39, 0.29) is 11.3 Å². The molecular weight excluding hydrogens is 262 g/mol. The van der Waals surface area contributed by atoms with E-state index in [1.54, 1.807) is 15.8 Å². The lowest BCUT2D eigenvalue weighted by atomic mass is 9.86. The van der Waals surface area contributed by atoms with Crippen molar-refractivity contribution in [3.8, 4) is 0 Å². The van der Waals surface area contributed by atoms with Crippen molar-refractivity contribution in [3.63, 3.8) is 0 Å². The van der Waals surface area contributed by atoms with Gasteiger partial charge in [-0.2, -0.15) is 5.10 Å². The molecule has 4 heteroatoms. The zero-order valence-corrected chi connectivity index (χ0v) is 13.4. The summed E-state index contributed by atoms with van der Waals surface area (Å²) >= 11 is 0. The molecule has 0 spiro atoms. The summed E-state index contributed by atoms with van der Waals surface area (Å²) in [5.41, 5.74) is 3.08. The summed E-state index contributed by atoms with van der Waals surface area (Å²) in [7, 11) is 3.68. The molecule has 1 amide bonds. The fourth-order valence-corrected chi connectivity index (χ4v) is 2.23. The summed E-state index contributed by atoms with van der Waals surface area (Å²) in [5, 5.41) is 4.12. The molecule has 2 rings (SSSR count). The third kappa shape index (κ3) is 3.72. The molecule has 0 atom stereocenters. The minimum atomic E-state index is 0.0271. The van der Waals surface area contributed by atoms with E-state index in [4.69, 9.17) is 0 Å². The van der Waals surface area contributed by atoms with E-state index in [0.717, 1.165) is 11.1 Å². The van der Waals surface area contributed by atoms with Gasteiger partial charge in [0.1, 0.15) is 0 Å². The van der Waals surface area contributed by atoms with Crippen LogP contribution in [0.5, 0.6) is 0 Å². The van der Waals surface area contributed by atoms with Crippen molar-refractivity contribution in [3.05, 3.63) is 53.3 Å². The average molecular weight is 285 g/mol. The van der Waals surface area contributed by atoms with Gasteiger partial charge in [0.15, 0.2) is 0 Å². The zero-order valence-electron chi connectivity index (χ0n) is 13.4. The number of rotatable bonds is 3. The van der Waals surface area contributed by atoms with E-state index >= 15 is 0 Å². The maximum Gasteiger partial charge on any atom is 0.253 e. The lowest BCUT2D eigenvalue weighted by Crippen LogP contribution is -2.26. The van der Waals surface area contributed by atoms with Crippen LogP contribution in [0.4, 0.5) is 0 Å². The molecule has 0 aliphatic heterocycles. The zero-order chi connectivity index (χ0) is 15.6. The molecule has 0 N–H and O–H groups in total. The first-order chi connectivity index (χ1) is 9.77. The maximum absolute atomic E-state index is 12.4. The Morgan fingerprint density at radius 3 is 2.33 bits per heavy atom. The molecule has 1 heterocycles. The Morgan fingerprint density at radius 1 is 1.24 bits per heavy atom. The highest BCUT2D eigenvalue weighted by Crippen LogP contribution is 2.22. The van der Waals surface area contributed by atoms with Crippen molar-refractivity contribution < 1.29 is 4.79 Å². The van der Waals surface area contributed by atoms with Crippen LogP contribution in [0, 0.1) is 0 Å². The second-order valence-corrected chi connectivity index (χ2v) is 6.51. The van der Waals surface area contributed by atoms with Crippen LogP contribution in [0.15, 0.2) is 36.7 Å². The normalized spacial score (nSPS) is 11.5. The van der Waals surface area contributed by atoms with Crippen LogP contribution >= 0.6 is 0 Å². The van der Waals surface area contributed by atoms with Gasteiger partial charge in [0, 0.05) is 38.0 Å². The Kier molecular flexibility index (Phi) is 4.16. The minimum Gasteiger partial charge on any atom is -0.337 e. The number of hydrogen-bond donors (Lipinski definition) is 0. The summed E-state index contributed by atoms with van der Waals surface area (Å²) in [6.07, 6.45) is 3.71. The molecule has 112 valence electrons. The standard InChI is InChI=1S/C17H23N3O/c1-17(2,3)15-8-6-14(7-9-15)16(21)19(4)11-13-10-18-20(5)12-13/h6-10,12H,11H2,1-5H3. The number of amides is 1. The van der Waals surface area contributed by atoms with Gasteiger partial charge in [-0.25, -0.2) is 0 Å². The summed E-state index contributed by atoms with van der Waals surface area (Å²) in [6.45, 7) is 7.06. The van der Waals surface area contributed by atoms with Gasteiger partial charge in [0.05, 0.1) is 6.20 Å². The highest BCUT2D eigenvalue weighted by molar-refractivity contribution is 5.94. The number of hydrogen-bond acceptors (Lipinski definition) is 2. The number of carbonyl (C=O) groups is 1. The van der Waals surface area contributed by atoms with Crippen molar-refractivity contribution in [2.24, 2.45) is 7.05 Å². The number of aryl methyl sites for hydroxylation is 1. The lowest BCUT2D eigenvalue weighted by molar-refractivity contribution is 0.0785. The van der Waals surface area contributed by atoms with E-state index in [2.05, 4.69) is 25.9 Å². The highest BCUT2D eigenvalue weighted by Gasteiger charge is 2.16. The predicted molar refractivity (Wildman–Crippen MR) is 84.1 cm³/mol. The van der Waals surface area contributed by atoms with E-state index in [1.165, 1.54) is 5.56 Å². The Hall–Kier alpha value is -2.10. The fourth-order valence-electron chi connectivity index (χ4n) is 2.23. The second kappa shape index (κ2) is 5.72. The van der Waals surface area contributed by atoms with Crippen LogP contribution in [-0.2, 0) is 19.0 Å². The van der Waals surface area contributed by atoms with Crippen LogP contribution < -0.4 is 0 Å². The van der Waals surface area contributed by atoms with E-state index in [9.17, 15) is 4.79 Å². The van der Waals surface area contributed by atoms with Crippen LogP contribution in [-0.4, -0.2) is 27.6 Å². The van der Waals surface area contributed by atoms with Crippen molar-refractivity contribution in [2.45, 2.75) is 32.7 Å². The molecule has 4 nitrogen and oxygen atoms in total. The van der Waals surface area contributed by atoms with Gasteiger partial charge in [0.25, 0.3) is 5.91 Å². The van der Waals surface area contributed by atoms with Crippen LogP contribution in [0.3, 0.4) is 0 Å². The quantitative estimate of drug-likeness (QED) is 0.869. The molecule has 0 unspecified atom stereocenters. The molecule has 0 saturated carbocycles. The number of carbonyl (C=O) groups excluding carboxylic acids is 1. The third-order valence-corrected chi connectivity index (χ3v) is 3.52. The Bertz CT molecular complexity index is 620. The molecule has 0 fully saturated rings. The molecule has 0 bridgehead atoms.